The summed E-state index contributed by atoms with van der Waals surface area (Å²) in [4.78, 5) is 13.7. The Morgan fingerprint density at radius 3 is 2.80 bits per heavy atom. The van der Waals surface area contributed by atoms with Crippen molar-refractivity contribution in [3.05, 3.63) is 0 Å². The highest BCUT2D eigenvalue weighted by atomic mass is 16.2. The Labute approximate surface area is 90.0 Å². The first-order valence-electron chi connectivity index (χ1n) is 5.52. The monoisotopic (exact) mass is 207 g/mol. The van der Waals surface area contributed by atoms with Crippen LogP contribution in [-0.4, -0.2) is 29.4 Å². The van der Waals surface area contributed by atoms with Crippen LogP contribution in [0, 0.1) is 29.1 Å². The van der Waals surface area contributed by atoms with Crippen LogP contribution in [0.2, 0.25) is 0 Å². The smallest absolute Gasteiger partial charge is 0.240 e. The molecule has 0 spiro atoms. The number of piperidine rings is 1. The fourth-order valence-electron chi connectivity index (χ4n) is 2.33. The van der Waals surface area contributed by atoms with Crippen LogP contribution in [0.15, 0.2) is 0 Å². The Kier molecular flexibility index (Phi) is 2.43. The number of carbonyl (C=O) groups is 1. The van der Waals surface area contributed by atoms with Crippen LogP contribution < -0.4 is 5.73 Å². The van der Waals surface area contributed by atoms with Gasteiger partial charge in [-0.05, 0) is 24.2 Å². The number of amides is 1. The fraction of sp³-hybridized carbons (Fsp3) is 0.818. The van der Waals surface area contributed by atoms with Gasteiger partial charge in [0.1, 0.15) is 6.04 Å². The summed E-state index contributed by atoms with van der Waals surface area (Å²) in [6.07, 6.45) is 1.11. The lowest BCUT2D eigenvalue weighted by Gasteiger charge is -2.27. The highest BCUT2D eigenvalue weighted by Gasteiger charge is 2.54. The summed E-state index contributed by atoms with van der Waals surface area (Å²) in [5.41, 5.74) is 5.82. The minimum absolute atomic E-state index is 0.0521. The van der Waals surface area contributed by atoms with E-state index in [0.29, 0.717) is 11.8 Å². The van der Waals surface area contributed by atoms with Gasteiger partial charge < -0.3 is 10.6 Å². The van der Waals surface area contributed by atoms with Crippen molar-refractivity contribution in [1.29, 1.82) is 5.26 Å². The van der Waals surface area contributed by atoms with Crippen LogP contribution in [0.3, 0.4) is 0 Å². The molecule has 1 aliphatic carbocycles. The molecule has 1 saturated heterocycles. The Morgan fingerprint density at radius 1 is 1.60 bits per heavy atom. The molecule has 0 bridgehead atoms. The average Bonchev–Trinajstić information content (AvgIpc) is 2.88. The van der Waals surface area contributed by atoms with Gasteiger partial charge in [-0.1, -0.05) is 13.8 Å². The fourth-order valence-corrected chi connectivity index (χ4v) is 2.33. The van der Waals surface area contributed by atoms with Crippen molar-refractivity contribution in [3.63, 3.8) is 0 Å². The van der Waals surface area contributed by atoms with E-state index in [1.807, 2.05) is 13.8 Å². The summed E-state index contributed by atoms with van der Waals surface area (Å²) in [5, 5.41) is 9.02. The molecular weight excluding hydrogens is 190 g/mol. The highest BCUT2D eigenvalue weighted by molar-refractivity contribution is 5.83. The first-order valence-corrected chi connectivity index (χ1v) is 5.52. The molecule has 0 radical (unpaired) electrons. The van der Waals surface area contributed by atoms with E-state index in [-0.39, 0.29) is 17.9 Å². The molecular formula is C11H17N3O. The first kappa shape index (κ1) is 10.4. The molecule has 1 unspecified atom stereocenters. The van der Waals surface area contributed by atoms with E-state index in [1.165, 1.54) is 0 Å². The summed E-state index contributed by atoms with van der Waals surface area (Å²) in [6.45, 7) is 4.60. The van der Waals surface area contributed by atoms with Crippen LogP contribution in [0.1, 0.15) is 20.3 Å². The third kappa shape index (κ3) is 1.61. The molecule has 1 amide bonds. The molecule has 1 heterocycles. The number of fused-ring (bicyclic) bond motifs is 1. The Morgan fingerprint density at radius 2 is 2.27 bits per heavy atom. The zero-order chi connectivity index (χ0) is 11.2. The summed E-state index contributed by atoms with van der Waals surface area (Å²) < 4.78 is 0. The quantitative estimate of drug-likeness (QED) is 0.709. The number of hydrogen-bond donors (Lipinski definition) is 1. The van der Waals surface area contributed by atoms with Crippen molar-refractivity contribution in [2.45, 2.75) is 32.4 Å². The van der Waals surface area contributed by atoms with Gasteiger partial charge in [0.15, 0.2) is 0 Å². The summed E-state index contributed by atoms with van der Waals surface area (Å²) in [6, 6.07) is 1.55. The van der Waals surface area contributed by atoms with Crippen LogP contribution in [0.25, 0.3) is 0 Å². The van der Waals surface area contributed by atoms with Crippen LogP contribution in [0.5, 0.6) is 0 Å². The minimum atomic E-state index is -0.460. The van der Waals surface area contributed by atoms with E-state index >= 15 is 0 Å². The average molecular weight is 207 g/mol. The van der Waals surface area contributed by atoms with Crippen molar-refractivity contribution < 1.29 is 4.79 Å². The maximum Gasteiger partial charge on any atom is 0.240 e. The van der Waals surface area contributed by atoms with Crippen LogP contribution >= 0.6 is 0 Å². The summed E-state index contributed by atoms with van der Waals surface area (Å²) >= 11 is 0. The van der Waals surface area contributed by atoms with Gasteiger partial charge in [-0.2, -0.15) is 5.26 Å². The number of rotatable bonds is 2. The molecule has 1 saturated carbocycles. The summed E-state index contributed by atoms with van der Waals surface area (Å²) in [5.74, 6) is 1.08. The molecule has 4 heteroatoms. The molecule has 1 aliphatic heterocycles. The van der Waals surface area contributed by atoms with Crippen LogP contribution in [-0.2, 0) is 4.79 Å². The van der Waals surface area contributed by atoms with Gasteiger partial charge in [0.05, 0.1) is 12.1 Å². The first-order chi connectivity index (χ1) is 7.06. The molecule has 2 fully saturated rings. The molecule has 2 aliphatic rings. The molecule has 0 aromatic heterocycles. The minimum Gasteiger partial charge on any atom is -0.325 e. The molecule has 2 N–H and O–H groups in total. The topological polar surface area (TPSA) is 70.1 Å². The van der Waals surface area contributed by atoms with E-state index in [1.54, 1.807) is 4.90 Å². The standard InChI is InChI=1S/C11H17N3O/c1-6(2)10(13)11(15)14-5-7-3-8(7)9(14)4-12/h6-10H,3,5,13H2,1-2H3/t7?,8-,9-,10+/m1/s1. The largest absolute Gasteiger partial charge is 0.325 e. The molecule has 82 valence electrons. The summed E-state index contributed by atoms with van der Waals surface area (Å²) in [7, 11) is 0. The molecule has 0 aromatic carbocycles. The van der Waals surface area contributed by atoms with Gasteiger partial charge in [0.2, 0.25) is 5.91 Å². The Hall–Kier alpha value is -1.08. The SMILES string of the molecule is CC(C)[C@H](N)C(=O)N1CC2C[C@H]2[C@H]1C#N. The maximum atomic E-state index is 12.0. The predicted molar refractivity (Wildman–Crippen MR) is 55.5 cm³/mol. The van der Waals surface area contributed by atoms with Gasteiger partial charge in [-0.25, -0.2) is 0 Å². The number of nitrogens with two attached hydrogens (primary N) is 1. The van der Waals surface area contributed by atoms with Crippen molar-refractivity contribution in [2.75, 3.05) is 6.54 Å². The van der Waals surface area contributed by atoms with E-state index in [9.17, 15) is 4.79 Å². The van der Waals surface area contributed by atoms with E-state index < -0.39 is 6.04 Å². The lowest BCUT2D eigenvalue weighted by Crippen LogP contribution is -2.49. The second-order valence-electron chi connectivity index (χ2n) is 4.99. The van der Waals surface area contributed by atoms with Crippen molar-refractivity contribution >= 4 is 5.91 Å². The molecule has 4 nitrogen and oxygen atoms in total. The lowest BCUT2D eigenvalue weighted by molar-refractivity contribution is -0.134. The van der Waals surface area contributed by atoms with Crippen LogP contribution in [0.4, 0.5) is 0 Å². The lowest BCUT2D eigenvalue weighted by atomic mass is 10.0. The number of likely N-dealkylation sites (tertiary alicyclic amines) is 1. The zero-order valence-electron chi connectivity index (χ0n) is 9.18. The molecule has 0 aromatic rings. The van der Waals surface area contributed by atoms with Gasteiger partial charge in [0.25, 0.3) is 0 Å². The highest BCUT2D eigenvalue weighted by Crippen LogP contribution is 2.49. The van der Waals surface area contributed by atoms with Gasteiger partial charge in [0, 0.05) is 6.54 Å². The number of carbonyl (C=O) groups excluding carboxylic acids is 1. The van der Waals surface area contributed by atoms with Crippen molar-refractivity contribution in [3.8, 4) is 6.07 Å². The molecule has 15 heavy (non-hydrogen) atoms. The third-order valence-corrected chi connectivity index (χ3v) is 3.57. The number of nitriles is 1. The Balaban J connectivity index is 2.05. The normalized spacial score (nSPS) is 34.9. The second kappa shape index (κ2) is 3.49. The zero-order valence-corrected chi connectivity index (χ0v) is 9.18. The van der Waals surface area contributed by atoms with E-state index in [2.05, 4.69) is 6.07 Å². The third-order valence-electron chi connectivity index (χ3n) is 3.57. The van der Waals surface area contributed by atoms with Crippen molar-refractivity contribution in [2.24, 2.45) is 23.5 Å². The molecule has 2 rings (SSSR count). The number of nitrogens with zero attached hydrogens (tertiary/aromatic N) is 2. The Bertz CT molecular complexity index is 320. The maximum absolute atomic E-state index is 12.0. The van der Waals surface area contributed by atoms with Gasteiger partial charge >= 0.3 is 0 Å². The molecule has 4 atom stereocenters. The van der Waals surface area contributed by atoms with E-state index in [0.717, 1.165) is 13.0 Å². The van der Waals surface area contributed by atoms with E-state index in [4.69, 9.17) is 11.0 Å². The van der Waals surface area contributed by atoms with Crippen molar-refractivity contribution in [1.82, 2.24) is 4.90 Å². The second-order valence-corrected chi connectivity index (χ2v) is 4.99. The number of hydrogen-bond acceptors (Lipinski definition) is 3. The van der Waals surface area contributed by atoms with Gasteiger partial charge in [-0.15, -0.1) is 0 Å². The van der Waals surface area contributed by atoms with Gasteiger partial charge in [-0.3, -0.25) is 4.79 Å². The predicted octanol–water partition coefficient (Wildman–Crippen LogP) is 0.340.